The van der Waals surface area contributed by atoms with E-state index >= 15 is 0 Å². The van der Waals surface area contributed by atoms with Crippen LogP contribution in [0.4, 0.5) is 21.9 Å². The molecule has 3 atom stereocenters. The Morgan fingerprint density at radius 2 is 1.68 bits per heavy atom. The summed E-state index contributed by atoms with van der Waals surface area (Å²) in [7, 11) is 1.72. The number of carbonyl (C=O) groups is 5. The maximum absolute atomic E-state index is 14.5. The Bertz CT molecular complexity index is 3010. The highest BCUT2D eigenvalue weighted by molar-refractivity contribution is 6.19. The number of nitrogens with zero attached hydrogens (tertiary/aromatic N) is 5. The normalized spacial score (nSPS) is 13.9. The smallest absolute Gasteiger partial charge is 0.415 e. The summed E-state index contributed by atoms with van der Waals surface area (Å²) in [5.74, 6) is 3.64. The van der Waals surface area contributed by atoms with Crippen LogP contribution in [0.25, 0.3) is 16.4 Å². The lowest BCUT2D eigenvalue weighted by molar-refractivity contribution is -0.152. The molecule has 4 aromatic carbocycles. The first kappa shape index (κ1) is 57.5. The molecule has 7 rings (SSSR count). The number of phenols is 1. The van der Waals surface area contributed by atoms with Gasteiger partial charge in [-0.05, 0) is 96.3 Å². The van der Waals surface area contributed by atoms with Crippen molar-refractivity contribution in [1.29, 1.82) is 0 Å². The Balaban J connectivity index is 1.02. The number of hydrogen-bond donors (Lipinski definition) is 9. The fraction of sp³-hybridized carbons (Fsp3) is 0.370. The minimum Gasteiger partial charge on any atom is -0.508 e. The predicted molar refractivity (Wildman–Crippen MR) is 290 cm³/mol. The Labute approximate surface area is 450 Å². The number of hydrazine groups is 1. The molecule has 0 bridgehead atoms. The number of aromatic hydroxyl groups is 1. The molecule has 0 unspecified atom stereocenters. The van der Waals surface area contributed by atoms with Crippen LogP contribution in [0, 0.1) is 12.8 Å². The van der Waals surface area contributed by atoms with E-state index < -0.39 is 35.9 Å². The number of alkyl halides is 1. The molecule has 0 saturated carbocycles. The lowest BCUT2D eigenvalue weighted by Gasteiger charge is -2.26. The number of carbonyl (C=O) groups excluding carboxylic acids is 5. The Hall–Kier alpha value is -7.25. The van der Waals surface area contributed by atoms with Crippen LogP contribution in [-0.2, 0) is 25.8 Å². The van der Waals surface area contributed by atoms with Gasteiger partial charge < -0.3 is 55.0 Å². The second kappa shape index (κ2) is 27.2. The number of anilines is 3. The number of ether oxygens (including phenoxy) is 2. The summed E-state index contributed by atoms with van der Waals surface area (Å²) in [4.78, 5) is 81.7. The lowest BCUT2D eigenvalue weighted by atomic mass is 9.92. The topological polar surface area (TPSA) is 287 Å². The van der Waals surface area contributed by atoms with Crippen molar-refractivity contribution in [3.05, 3.63) is 125 Å². The molecule has 0 fully saturated rings. The monoisotopic (exact) mass is 1080 g/mol. The van der Waals surface area contributed by atoms with Crippen molar-refractivity contribution in [2.75, 3.05) is 81.0 Å². The zero-order chi connectivity index (χ0) is 55.2. The molecule has 1 aliphatic rings. The number of pyridine rings is 1. The molecule has 23 heteroatoms. The largest absolute Gasteiger partial charge is 0.508 e. The number of hydrogen-bond acceptors (Lipinski definition) is 16. The minimum atomic E-state index is -0.907. The van der Waals surface area contributed by atoms with Crippen LogP contribution in [0.2, 0.25) is 0 Å². The van der Waals surface area contributed by atoms with Crippen LogP contribution in [0.5, 0.6) is 11.5 Å². The molecule has 410 valence electrons. The number of aryl methyl sites for hydroxylation is 1. The Morgan fingerprint density at radius 1 is 0.922 bits per heavy atom. The van der Waals surface area contributed by atoms with Gasteiger partial charge in [-0.2, -0.15) is 10.5 Å². The van der Waals surface area contributed by atoms with Crippen LogP contribution >= 0.6 is 11.6 Å². The molecule has 5 amide bonds. The third-order valence-electron chi connectivity index (χ3n) is 13.0. The molecule has 1 aliphatic heterocycles. The summed E-state index contributed by atoms with van der Waals surface area (Å²) in [6.07, 6.45) is 3.34. The zero-order valence-electron chi connectivity index (χ0n) is 43.3. The van der Waals surface area contributed by atoms with Crippen molar-refractivity contribution in [1.82, 2.24) is 35.6 Å². The number of halogens is 1. The molecule has 0 spiro atoms. The second-order valence-electron chi connectivity index (χ2n) is 18.9. The van der Waals surface area contributed by atoms with Gasteiger partial charge in [0.1, 0.15) is 34.9 Å². The van der Waals surface area contributed by atoms with E-state index in [1.54, 1.807) is 90.1 Å². The molecule has 2 aromatic heterocycles. The molecule has 6 aromatic rings. The van der Waals surface area contributed by atoms with Gasteiger partial charge in [0.05, 0.1) is 37.8 Å². The van der Waals surface area contributed by atoms with Gasteiger partial charge in [0, 0.05) is 86.7 Å². The third kappa shape index (κ3) is 14.6. The van der Waals surface area contributed by atoms with Gasteiger partial charge in [0.15, 0.2) is 0 Å². The highest BCUT2D eigenvalue weighted by atomic mass is 35.5. The molecule has 3 heterocycles. The van der Waals surface area contributed by atoms with E-state index in [4.69, 9.17) is 31.8 Å². The summed E-state index contributed by atoms with van der Waals surface area (Å²) in [5, 5.41) is 39.9. The third-order valence-corrected chi connectivity index (χ3v) is 13.4. The minimum absolute atomic E-state index is 0.0392. The van der Waals surface area contributed by atoms with E-state index in [-0.39, 0.29) is 93.4 Å². The zero-order valence-corrected chi connectivity index (χ0v) is 44.1. The number of phenolic OH excluding ortho intramolecular Hbond substituents is 1. The summed E-state index contributed by atoms with van der Waals surface area (Å²) < 4.78 is 13.5. The Morgan fingerprint density at radius 3 is 2.38 bits per heavy atom. The number of rotatable bonds is 26. The fourth-order valence-electron chi connectivity index (χ4n) is 8.88. The molecule has 0 radical (unpaired) electrons. The number of imidazole rings is 1. The van der Waals surface area contributed by atoms with E-state index in [1.165, 1.54) is 29.2 Å². The van der Waals surface area contributed by atoms with Crippen LogP contribution < -0.4 is 42.3 Å². The van der Waals surface area contributed by atoms with E-state index in [0.29, 0.717) is 53.0 Å². The van der Waals surface area contributed by atoms with Crippen molar-refractivity contribution in [3.8, 4) is 11.5 Å². The molecular weight excluding hydrogens is 1010 g/mol. The molecule has 10 N–H and O–H groups in total. The summed E-state index contributed by atoms with van der Waals surface area (Å²) in [6.45, 7) is 6.78. The molecule has 0 saturated heterocycles. The summed E-state index contributed by atoms with van der Waals surface area (Å²) in [5.41, 5.74) is 9.48. The number of aromatic nitrogens is 2. The average Bonchev–Trinajstić information content (AvgIpc) is 4.07. The van der Waals surface area contributed by atoms with Crippen molar-refractivity contribution < 1.29 is 53.7 Å². The van der Waals surface area contributed by atoms with E-state index in [0.717, 1.165) is 22.1 Å². The quantitative estimate of drug-likeness (QED) is 0.0145. The van der Waals surface area contributed by atoms with Crippen molar-refractivity contribution in [2.24, 2.45) is 11.8 Å². The highest BCUT2D eigenvalue weighted by Crippen LogP contribution is 2.47. The number of benzene rings is 4. The van der Waals surface area contributed by atoms with Gasteiger partial charge in [0.25, 0.3) is 11.8 Å². The maximum Gasteiger partial charge on any atom is 0.415 e. The standard InChI is InChI=1S/C54H66ClN11O11/c1-33(2)49(62-74)52(71)61-42(9-6-20-57-56)51(70)58-38-14-10-35(11-15-38)32-76-63(4)21-22-64(23-25-75-26-24-67)54(73)77-45-27-44-48(47-34(3)7-5-8-41(45)47)37(28-55)29-66(44)53(72)43-31-65-30-39(16-19-46(65)60-43)59-50(69)36-12-17-40(68)18-13-36/h5,7-8,10-19,27,30-31,33,37,42,49,57,62,67-68,74H,6,9,20-26,28-29,32,56H2,1-4H3,(H,58,70)(H,59,69)(H,61,71)/t37-,42+,49+/m1/s1. The first-order valence-corrected chi connectivity index (χ1v) is 25.7. The summed E-state index contributed by atoms with van der Waals surface area (Å²) >= 11 is 6.64. The van der Waals surface area contributed by atoms with Crippen molar-refractivity contribution in [3.63, 3.8) is 0 Å². The van der Waals surface area contributed by atoms with Gasteiger partial charge in [-0.1, -0.05) is 44.2 Å². The number of amides is 5. The average molecular weight is 1080 g/mol. The van der Waals surface area contributed by atoms with Gasteiger partial charge in [-0.25, -0.2) is 9.78 Å². The van der Waals surface area contributed by atoms with Gasteiger partial charge >= 0.3 is 6.09 Å². The van der Waals surface area contributed by atoms with E-state index in [9.17, 15) is 39.4 Å². The van der Waals surface area contributed by atoms with E-state index in [1.807, 2.05) is 30.6 Å². The Kier molecular flexibility index (Phi) is 20.3. The van der Waals surface area contributed by atoms with Crippen molar-refractivity contribution >= 4 is 74.8 Å². The number of aliphatic hydroxyl groups is 1. The highest BCUT2D eigenvalue weighted by Gasteiger charge is 2.37. The number of hydroxylamine groups is 3. The van der Waals surface area contributed by atoms with Crippen LogP contribution in [0.3, 0.4) is 0 Å². The molecular formula is C54H66ClN11O11. The van der Waals surface area contributed by atoms with Crippen LogP contribution in [0.1, 0.15) is 70.1 Å². The summed E-state index contributed by atoms with van der Waals surface area (Å²) in [6, 6.07) is 21.8. The molecule has 22 nitrogen and oxygen atoms in total. The lowest BCUT2D eigenvalue weighted by Crippen LogP contribution is -2.52. The van der Waals surface area contributed by atoms with Crippen LogP contribution in [-0.4, -0.2) is 142 Å². The number of nitrogens with one attached hydrogen (secondary N) is 5. The second-order valence-corrected chi connectivity index (χ2v) is 19.2. The SMILES string of the molecule is Cc1cccc2c(OC(=O)N(CCOCCO)CCN(C)OCc3ccc(NC(=O)[C@H](CCCNN)NC(=O)[C@@H](NO)C(C)C)cc3)cc3c(c12)[C@H](CCl)CN3C(=O)c1cn2cc(NC(=O)c3ccc(O)cc3)ccc2n1. The fourth-order valence-corrected chi connectivity index (χ4v) is 9.13. The van der Waals surface area contributed by atoms with E-state index in [2.05, 4.69) is 26.4 Å². The first-order valence-electron chi connectivity index (χ1n) is 25.2. The molecule has 0 aliphatic carbocycles. The predicted octanol–water partition coefficient (Wildman–Crippen LogP) is 5.28. The number of nitrogens with two attached hydrogens (primary N) is 1. The first-order chi connectivity index (χ1) is 37.1. The van der Waals surface area contributed by atoms with Gasteiger partial charge in [-0.3, -0.25) is 35.3 Å². The molecule has 77 heavy (non-hydrogen) atoms. The van der Waals surface area contributed by atoms with Crippen molar-refractivity contribution in [2.45, 2.75) is 58.2 Å². The number of fused-ring (bicyclic) bond motifs is 4. The number of likely N-dealkylation sites (N-methyl/N-ethyl adjacent to an activating group) is 1. The van der Waals surface area contributed by atoms with Crippen LogP contribution in [0.15, 0.2) is 97.3 Å². The maximum atomic E-state index is 14.5. The van der Waals surface area contributed by atoms with Gasteiger partial charge in [0.2, 0.25) is 11.8 Å². The van der Waals surface area contributed by atoms with Gasteiger partial charge in [-0.15, -0.1) is 11.6 Å². The number of aliphatic hydroxyl groups excluding tert-OH is 1.